The first-order valence-electron chi connectivity index (χ1n) is 5.19. The van der Waals surface area contributed by atoms with E-state index in [2.05, 4.69) is 5.32 Å². The summed E-state index contributed by atoms with van der Waals surface area (Å²) in [6.45, 7) is 2.10. The van der Waals surface area contributed by atoms with Gasteiger partial charge in [-0.15, -0.1) is 0 Å². The van der Waals surface area contributed by atoms with Crippen LogP contribution >= 0.6 is 0 Å². The van der Waals surface area contributed by atoms with Crippen LogP contribution in [0.25, 0.3) is 6.08 Å². The van der Waals surface area contributed by atoms with Gasteiger partial charge in [0.05, 0.1) is 13.2 Å². The Kier molecular flexibility index (Phi) is 3.64. The van der Waals surface area contributed by atoms with Gasteiger partial charge >= 0.3 is 0 Å². The number of halogens is 2. The van der Waals surface area contributed by atoms with E-state index in [0.29, 0.717) is 18.8 Å². The van der Waals surface area contributed by atoms with Gasteiger partial charge in [0.25, 0.3) is 0 Å². The first-order chi connectivity index (χ1) is 7.74. The number of hydrogen-bond acceptors (Lipinski definition) is 2. The van der Waals surface area contributed by atoms with Crippen molar-refractivity contribution in [1.29, 1.82) is 0 Å². The van der Waals surface area contributed by atoms with Gasteiger partial charge in [-0.05, 0) is 17.7 Å². The van der Waals surface area contributed by atoms with E-state index in [9.17, 15) is 8.78 Å². The molecule has 2 rings (SSSR count). The molecule has 1 aromatic carbocycles. The molecule has 1 fully saturated rings. The summed E-state index contributed by atoms with van der Waals surface area (Å²) in [5, 5.41) is 3.22. The van der Waals surface area contributed by atoms with Crippen molar-refractivity contribution in [3.63, 3.8) is 0 Å². The van der Waals surface area contributed by atoms with Crippen LogP contribution < -0.4 is 5.32 Å². The maximum absolute atomic E-state index is 12.9. The van der Waals surface area contributed by atoms with Gasteiger partial charge in [-0.2, -0.15) is 0 Å². The van der Waals surface area contributed by atoms with E-state index in [-0.39, 0.29) is 6.04 Å². The lowest BCUT2D eigenvalue weighted by Crippen LogP contribution is -2.39. The normalized spacial score (nSPS) is 21.5. The highest BCUT2D eigenvalue weighted by molar-refractivity contribution is 5.50. The second kappa shape index (κ2) is 5.18. The van der Waals surface area contributed by atoms with Crippen LogP contribution in [0.2, 0.25) is 0 Å². The van der Waals surface area contributed by atoms with E-state index in [1.807, 2.05) is 6.08 Å². The molecule has 0 radical (unpaired) electrons. The van der Waals surface area contributed by atoms with Crippen LogP contribution in [-0.2, 0) is 4.74 Å². The summed E-state index contributed by atoms with van der Waals surface area (Å²) in [5.41, 5.74) is 0.518. The molecule has 1 unspecified atom stereocenters. The summed E-state index contributed by atoms with van der Waals surface area (Å²) in [6.07, 6.45) is 3.55. The largest absolute Gasteiger partial charge is 0.378 e. The van der Waals surface area contributed by atoms with Crippen LogP contribution in [0.3, 0.4) is 0 Å². The van der Waals surface area contributed by atoms with Crippen molar-refractivity contribution in [1.82, 2.24) is 5.32 Å². The fraction of sp³-hybridized carbons (Fsp3) is 0.333. The van der Waals surface area contributed by atoms with Crippen LogP contribution in [0.1, 0.15) is 5.56 Å². The zero-order valence-electron chi connectivity index (χ0n) is 8.75. The Morgan fingerprint density at radius 2 is 2.00 bits per heavy atom. The number of hydrogen-bond donors (Lipinski definition) is 1. The van der Waals surface area contributed by atoms with Crippen LogP contribution in [0, 0.1) is 11.6 Å². The Hall–Kier alpha value is -1.26. The highest BCUT2D eigenvalue weighted by Gasteiger charge is 2.08. The molecule has 1 N–H and O–H groups in total. The van der Waals surface area contributed by atoms with Crippen molar-refractivity contribution < 1.29 is 13.5 Å². The molecular formula is C12H13F2NO. The predicted molar refractivity (Wildman–Crippen MR) is 58.0 cm³/mol. The molecule has 1 aromatic rings. The third-order valence-corrected chi connectivity index (χ3v) is 2.36. The van der Waals surface area contributed by atoms with E-state index < -0.39 is 11.6 Å². The van der Waals surface area contributed by atoms with Crippen LogP contribution in [0.5, 0.6) is 0 Å². The van der Waals surface area contributed by atoms with Gasteiger partial charge < -0.3 is 10.1 Å². The minimum Gasteiger partial charge on any atom is -0.378 e. The van der Waals surface area contributed by atoms with Gasteiger partial charge in [0.2, 0.25) is 0 Å². The van der Waals surface area contributed by atoms with Gasteiger partial charge in [-0.1, -0.05) is 12.2 Å². The second-order valence-corrected chi connectivity index (χ2v) is 3.70. The van der Waals surface area contributed by atoms with Crippen LogP contribution in [0.4, 0.5) is 8.78 Å². The number of morpholine rings is 1. The molecule has 86 valence electrons. The fourth-order valence-corrected chi connectivity index (χ4v) is 1.61. The average molecular weight is 225 g/mol. The molecule has 0 bridgehead atoms. The zero-order valence-corrected chi connectivity index (χ0v) is 8.75. The molecule has 0 saturated carbocycles. The van der Waals surface area contributed by atoms with E-state index in [1.54, 1.807) is 6.08 Å². The Labute approximate surface area is 92.9 Å². The average Bonchev–Trinajstić information content (AvgIpc) is 2.27. The van der Waals surface area contributed by atoms with Gasteiger partial charge in [0.1, 0.15) is 11.6 Å². The molecule has 4 heteroatoms. The fourth-order valence-electron chi connectivity index (χ4n) is 1.61. The van der Waals surface area contributed by atoms with Crippen molar-refractivity contribution in [2.75, 3.05) is 19.8 Å². The molecule has 0 aliphatic carbocycles. The SMILES string of the molecule is Fc1cc(F)cc(/C=C/C2COCCN2)c1. The van der Waals surface area contributed by atoms with Crippen LogP contribution in [0.15, 0.2) is 24.3 Å². The molecular weight excluding hydrogens is 212 g/mol. The summed E-state index contributed by atoms with van der Waals surface area (Å²) in [4.78, 5) is 0. The van der Waals surface area contributed by atoms with Crippen molar-refractivity contribution >= 4 is 6.08 Å². The molecule has 1 aliphatic rings. The van der Waals surface area contributed by atoms with E-state index in [4.69, 9.17) is 4.74 Å². The third-order valence-electron chi connectivity index (χ3n) is 2.36. The smallest absolute Gasteiger partial charge is 0.126 e. The third kappa shape index (κ3) is 3.12. The zero-order chi connectivity index (χ0) is 11.4. The quantitative estimate of drug-likeness (QED) is 0.830. The lowest BCUT2D eigenvalue weighted by Gasteiger charge is -2.20. The number of rotatable bonds is 2. The Bertz CT molecular complexity index is 366. The Balaban J connectivity index is 2.04. The molecule has 1 aliphatic heterocycles. The van der Waals surface area contributed by atoms with Crippen LogP contribution in [-0.4, -0.2) is 25.8 Å². The van der Waals surface area contributed by atoms with Gasteiger partial charge in [-0.3, -0.25) is 0 Å². The molecule has 1 atom stereocenters. The van der Waals surface area contributed by atoms with E-state index in [1.165, 1.54) is 12.1 Å². The van der Waals surface area contributed by atoms with E-state index >= 15 is 0 Å². The molecule has 0 spiro atoms. The number of nitrogens with one attached hydrogen (secondary N) is 1. The summed E-state index contributed by atoms with van der Waals surface area (Å²) >= 11 is 0. The molecule has 1 saturated heterocycles. The first-order valence-corrected chi connectivity index (χ1v) is 5.19. The summed E-state index contributed by atoms with van der Waals surface area (Å²) < 4.78 is 31.0. The lowest BCUT2D eigenvalue weighted by molar-refractivity contribution is 0.0903. The molecule has 2 nitrogen and oxygen atoms in total. The van der Waals surface area contributed by atoms with Crippen molar-refractivity contribution in [2.45, 2.75) is 6.04 Å². The first kappa shape index (κ1) is 11.2. The number of benzene rings is 1. The topological polar surface area (TPSA) is 21.3 Å². The maximum atomic E-state index is 12.9. The minimum atomic E-state index is -0.562. The second-order valence-electron chi connectivity index (χ2n) is 3.70. The molecule has 0 aromatic heterocycles. The number of ether oxygens (including phenoxy) is 1. The summed E-state index contributed by atoms with van der Waals surface area (Å²) in [6, 6.07) is 3.56. The Morgan fingerprint density at radius 3 is 2.62 bits per heavy atom. The van der Waals surface area contributed by atoms with Crippen molar-refractivity contribution in [3.05, 3.63) is 41.5 Å². The summed E-state index contributed by atoms with van der Waals surface area (Å²) in [7, 11) is 0. The van der Waals surface area contributed by atoms with Crippen molar-refractivity contribution in [2.24, 2.45) is 0 Å². The lowest BCUT2D eigenvalue weighted by atomic mass is 10.1. The van der Waals surface area contributed by atoms with Gasteiger partial charge in [0.15, 0.2) is 0 Å². The highest BCUT2D eigenvalue weighted by Crippen LogP contribution is 2.10. The van der Waals surface area contributed by atoms with Crippen molar-refractivity contribution in [3.8, 4) is 0 Å². The maximum Gasteiger partial charge on any atom is 0.126 e. The molecule has 1 heterocycles. The monoisotopic (exact) mass is 225 g/mol. The predicted octanol–water partition coefficient (Wildman–Crippen LogP) is 1.97. The summed E-state index contributed by atoms with van der Waals surface area (Å²) in [5.74, 6) is -1.12. The highest BCUT2D eigenvalue weighted by atomic mass is 19.1. The van der Waals surface area contributed by atoms with E-state index in [0.717, 1.165) is 12.6 Å². The van der Waals surface area contributed by atoms with Gasteiger partial charge in [-0.25, -0.2) is 8.78 Å². The Morgan fingerprint density at radius 1 is 1.25 bits per heavy atom. The standard InChI is InChI=1S/C12H13F2NO/c13-10-5-9(6-11(14)7-10)1-2-12-8-16-4-3-15-12/h1-2,5-7,12,15H,3-4,8H2/b2-1+. The molecule has 0 amide bonds. The molecule has 16 heavy (non-hydrogen) atoms. The van der Waals surface area contributed by atoms with Gasteiger partial charge in [0, 0.05) is 18.7 Å². The minimum absolute atomic E-state index is 0.111.